The maximum Gasteiger partial charge on any atom is 0.352 e. The number of aliphatic carboxylic acids is 1. The summed E-state index contributed by atoms with van der Waals surface area (Å²) in [6, 6.07) is 0. The third-order valence-corrected chi connectivity index (χ3v) is 2.42. The van der Waals surface area contributed by atoms with E-state index in [0.29, 0.717) is 0 Å². The molecule has 0 aliphatic heterocycles. The van der Waals surface area contributed by atoms with Crippen LogP contribution in [0.1, 0.15) is 46.5 Å². The zero-order valence-electron chi connectivity index (χ0n) is 10.2. The normalized spacial score (nSPS) is 11.6. The van der Waals surface area contributed by atoms with Crippen molar-refractivity contribution in [2.45, 2.75) is 46.5 Å². The number of carbonyl (C=O) groups is 2. The van der Waals surface area contributed by atoms with Gasteiger partial charge in [0.1, 0.15) is 5.70 Å². The molecule has 0 aromatic heterocycles. The summed E-state index contributed by atoms with van der Waals surface area (Å²) in [5.41, 5.74) is -0.0396. The SMILES string of the molecule is C/C=C(/NC(=O)C(CCC)CCC)C(=O)O. The van der Waals surface area contributed by atoms with Crippen LogP contribution < -0.4 is 5.32 Å². The van der Waals surface area contributed by atoms with E-state index < -0.39 is 5.97 Å². The number of carbonyl (C=O) groups excluding carboxylic acids is 1. The number of amides is 1. The van der Waals surface area contributed by atoms with Crippen molar-refractivity contribution in [2.24, 2.45) is 5.92 Å². The van der Waals surface area contributed by atoms with Gasteiger partial charge in [-0.05, 0) is 19.8 Å². The molecule has 0 aliphatic rings. The Kier molecular flexibility index (Phi) is 7.25. The Balaban J connectivity index is 4.45. The molecule has 0 aromatic carbocycles. The summed E-state index contributed by atoms with van der Waals surface area (Å²) >= 11 is 0. The number of carboxylic acids is 1. The minimum Gasteiger partial charge on any atom is -0.477 e. The molecule has 0 spiro atoms. The number of carboxylic acid groups (broad SMARTS) is 1. The Morgan fingerprint density at radius 2 is 1.75 bits per heavy atom. The summed E-state index contributed by atoms with van der Waals surface area (Å²) in [7, 11) is 0. The van der Waals surface area contributed by atoms with Crippen LogP contribution in [0.25, 0.3) is 0 Å². The van der Waals surface area contributed by atoms with Crippen molar-refractivity contribution >= 4 is 11.9 Å². The molecule has 0 fully saturated rings. The molecule has 92 valence electrons. The smallest absolute Gasteiger partial charge is 0.352 e. The van der Waals surface area contributed by atoms with Crippen LogP contribution in [-0.4, -0.2) is 17.0 Å². The summed E-state index contributed by atoms with van der Waals surface area (Å²) in [6.07, 6.45) is 4.86. The first kappa shape index (κ1) is 14.7. The van der Waals surface area contributed by atoms with Gasteiger partial charge >= 0.3 is 5.97 Å². The quantitative estimate of drug-likeness (QED) is 0.656. The largest absolute Gasteiger partial charge is 0.477 e. The van der Waals surface area contributed by atoms with Gasteiger partial charge in [0.2, 0.25) is 5.91 Å². The lowest BCUT2D eigenvalue weighted by Gasteiger charge is -2.15. The third-order valence-electron chi connectivity index (χ3n) is 2.42. The Labute approximate surface area is 96.7 Å². The first-order valence-electron chi connectivity index (χ1n) is 5.77. The monoisotopic (exact) mass is 227 g/mol. The predicted molar refractivity (Wildman–Crippen MR) is 62.8 cm³/mol. The molecule has 4 heteroatoms. The fraction of sp³-hybridized carbons (Fsp3) is 0.667. The fourth-order valence-corrected chi connectivity index (χ4v) is 1.59. The van der Waals surface area contributed by atoms with E-state index in [1.807, 2.05) is 13.8 Å². The van der Waals surface area contributed by atoms with Gasteiger partial charge in [-0.3, -0.25) is 4.79 Å². The number of hydrogen-bond acceptors (Lipinski definition) is 2. The first-order valence-corrected chi connectivity index (χ1v) is 5.77. The van der Waals surface area contributed by atoms with Crippen LogP contribution in [0.4, 0.5) is 0 Å². The minimum absolute atomic E-state index is 0.0396. The van der Waals surface area contributed by atoms with Crippen LogP contribution in [0, 0.1) is 5.92 Å². The Bertz CT molecular complexity index is 265. The van der Waals surface area contributed by atoms with Gasteiger partial charge in [0.25, 0.3) is 0 Å². The van der Waals surface area contributed by atoms with E-state index in [1.165, 1.54) is 6.08 Å². The van der Waals surface area contributed by atoms with E-state index >= 15 is 0 Å². The summed E-state index contributed by atoms with van der Waals surface area (Å²) in [5.74, 6) is -1.36. The van der Waals surface area contributed by atoms with Gasteiger partial charge < -0.3 is 10.4 Å². The van der Waals surface area contributed by atoms with Crippen LogP contribution in [-0.2, 0) is 9.59 Å². The van der Waals surface area contributed by atoms with E-state index in [2.05, 4.69) is 5.32 Å². The van der Waals surface area contributed by atoms with E-state index in [1.54, 1.807) is 6.92 Å². The highest BCUT2D eigenvalue weighted by molar-refractivity contribution is 5.93. The second kappa shape index (κ2) is 7.91. The van der Waals surface area contributed by atoms with Crippen molar-refractivity contribution in [2.75, 3.05) is 0 Å². The Morgan fingerprint density at radius 1 is 1.25 bits per heavy atom. The van der Waals surface area contributed by atoms with Crippen molar-refractivity contribution in [1.82, 2.24) is 5.32 Å². The van der Waals surface area contributed by atoms with Crippen LogP contribution in [0.5, 0.6) is 0 Å². The maximum atomic E-state index is 11.8. The third kappa shape index (κ3) is 4.96. The zero-order valence-corrected chi connectivity index (χ0v) is 10.2. The van der Waals surface area contributed by atoms with E-state index in [-0.39, 0.29) is 17.5 Å². The highest BCUT2D eigenvalue weighted by Gasteiger charge is 2.19. The van der Waals surface area contributed by atoms with Crippen LogP contribution in [0.3, 0.4) is 0 Å². The number of allylic oxidation sites excluding steroid dienone is 1. The molecule has 16 heavy (non-hydrogen) atoms. The molecule has 0 saturated heterocycles. The molecular weight excluding hydrogens is 206 g/mol. The summed E-state index contributed by atoms with van der Waals surface area (Å²) in [5, 5.41) is 11.2. The summed E-state index contributed by atoms with van der Waals surface area (Å²) in [6.45, 7) is 5.63. The van der Waals surface area contributed by atoms with Crippen LogP contribution in [0.2, 0.25) is 0 Å². The second-order valence-corrected chi connectivity index (χ2v) is 3.77. The fourth-order valence-electron chi connectivity index (χ4n) is 1.59. The zero-order chi connectivity index (χ0) is 12.6. The predicted octanol–water partition coefficient (Wildman–Crippen LogP) is 2.31. The lowest BCUT2D eigenvalue weighted by Crippen LogP contribution is -2.32. The molecule has 0 unspecified atom stereocenters. The number of rotatable bonds is 7. The highest BCUT2D eigenvalue weighted by Crippen LogP contribution is 2.14. The molecule has 0 atom stereocenters. The minimum atomic E-state index is -1.09. The molecule has 0 aliphatic carbocycles. The summed E-state index contributed by atoms with van der Waals surface area (Å²) in [4.78, 5) is 22.5. The molecule has 0 rings (SSSR count). The van der Waals surface area contributed by atoms with Crippen molar-refractivity contribution < 1.29 is 14.7 Å². The maximum absolute atomic E-state index is 11.8. The average molecular weight is 227 g/mol. The van der Waals surface area contributed by atoms with Gasteiger partial charge in [0, 0.05) is 5.92 Å². The van der Waals surface area contributed by atoms with Crippen LogP contribution >= 0.6 is 0 Å². The first-order chi connectivity index (χ1) is 7.56. The van der Waals surface area contributed by atoms with E-state index in [9.17, 15) is 9.59 Å². The molecule has 0 heterocycles. The highest BCUT2D eigenvalue weighted by atomic mass is 16.4. The van der Waals surface area contributed by atoms with Gasteiger partial charge in [-0.1, -0.05) is 32.8 Å². The summed E-state index contributed by atoms with van der Waals surface area (Å²) < 4.78 is 0. The Morgan fingerprint density at radius 3 is 2.06 bits per heavy atom. The number of hydrogen-bond donors (Lipinski definition) is 2. The second-order valence-electron chi connectivity index (χ2n) is 3.77. The van der Waals surface area contributed by atoms with E-state index in [0.717, 1.165) is 25.7 Å². The van der Waals surface area contributed by atoms with Gasteiger partial charge in [0.15, 0.2) is 0 Å². The number of nitrogens with one attached hydrogen (secondary N) is 1. The van der Waals surface area contributed by atoms with Crippen LogP contribution in [0.15, 0.2) is 11.8 Å². The molecule has 4 nitrogen and oxygen atoms in total. The van der Waals surface area contributed by atoms with Gasteiger partial charge in [-0.25, -0.2) is 4.79 Å². The molecule has 0 bridgehead atoms. The topological polar surface area (TPSA) is 66.4 Å². The molecule has 0 aromatic rings. The van der Waals surface area contributed by atoms with Gasteiger partial charge in [-0.2, -0.15) is 0 Å². The van der Waals surface area contributed by atoms with Crippen molar-refractivity contribution in [3.8, 4) is 0 Å². The standard InChI is InChI=1S/C12H21NO3/c1-4-7-9(8-5-2)11(14)13-10(6-3)12(15)16/h6,9H,4-5,7-8H2,1-3H3,(H,13,14)(H,15,16)/b10-6+. The van der Waals surface area contributed by atoms with Crippen molar-refractivity contribution in [1.29, 1.82) is 0 Å². The molecule has 2 N–H and O–H groups in total. The lowest BCUT2D eigenvalue weighted by molar-refractivity contribution is -0.135. The Hall–Kier alpha value is -1.32. The van der Waals surface area contributed by atoms with Gasteiger partial charge in [-0.15, -0.1) is 0 Å². The molecular formula is C12H21NO3. The molecule has 0 saturated carbocycles. The van der Waals surface area contributed by atoms with Crippen molar-refractivity contribution in [3.05, 3.63) is 11.8 Å². The van der Waals surface area contributed by atoms with E-state index in [4.69, 9.17) is 5.11 Å². The molecule has 0 radical (unpaired) electrons. The molecule has 1 amide bonds. The van der Waals surface area contributed by atoms with Gasteiger partial charge in [0.05, 0.1) is 0 Å². The lowest BCUT2D eigenvalue weighted by atomic mass is 9.97. The van der Waals surface area contributed by atoms with Crippen molar-refractivity contribution in [3.63, 3.8) is 0 Å². The average Bonchev–Trinajstić information content (AvgIpc) is 2.24.